The largest absolute Gasteiger partial charge is 0.339 e. The van der Waals surface area contributed by atoms with Gasteiger partial charge >= 0.3 is 0 Å². The van der Waals surface area contributed by atoms with E-state index in [1.165, 1.54) is 0 Å². The Morgan fingerprint density at radius 2 is 0.651 bits per heavy atom. The molecule has 0 N–H and O–H groups in total. The third-order valence-electron chi connectivity index (χ3n) is 6.95. The Labute approximate surface area is 280 Å². The Morgan fingerprint density at radius 1 is 0.442 bits per heavy atom. The quantitative estimate of drug-likeness (QED) is 0.219. The summed E-state index contributed by atoms with van der Waals surface area (Å²) in [7, 11) is 0. The van der Waals surface area contributed by atoms with Gasteiger partial charge in [-0.25, -0.2) is 0 Å². The summed E-state index contributed by atoms with van der Waals surface area (Å²) < 4.78 is 0. The van der Waals surface area contributed by atoms with E-state index in [0.717, 1.165) is 72.6 Å². The van der Waals surface area contributed by atoms with Crippen molar-refractivity contribution in [2.24, 2.45) is 0 Å². The Bertz CT molecular complexity index is 1110. The summed E-state index contributed by atoms with van der Waals surface area (Å²) in [6.45, 7) is 22.6. The van der Waals surface area contributed by atoms with Crippen LogP contribution in [0.4, 0.5) is 0 Å². The number of nitrogens with zero attached hydrogens (tertiary/aromatic N) is 3. The molecule has 0 saturated carbocycles. The number of hydrogen-bond acceptors (Lipinski definition) is 3. The molecule has 0 aliphatic heterocycles. The molecule has 0 atom stereocenters. The van der Waals surface area contributed by atoms with Crippen molar-refractivity contribution in [2.45, 2.75) is 62.3 Å². The number of amides is 3. The smallest absolute Gasteiger partial charge is 0.253 e. The standard InChI is InChI=1S/3C12H17NO.Pb/c3*1-4-13(5-2)12(14)11-8-6-7-10(3)9-11;/h3*6-9H,4-5H2,1-3H3;. The van der Waals surface area contributed by atoms with Crippen LogP contribution in [0.25, 0.3) is 0 Å². The molecule has 0 aliphatic rings. The SMILES string of the molecule is CCN(CC)C(=O)c1cccc(C)c1.CCN(CC)C(=O)c1cccc(C)c1.CCN(CC)C(=O)c1cccc(C)c1.[Pb]. The molecule has 0 aromatic heterocycles. The first-order valence-corrected chi connectivity index (χ1v) is 15.1. The van der Waals surface area contributed by atoms with Crippen LogP contribution in [0.2, 0.25) is 0 Å². The minimum absolute atomic E-state index is 0. The average Bonchev–Trinajstić information content (AvgIpc) is 2.99. The van der Waals surface area contributed by atoms with Gasteiger partial charge in [-0.2, -0.15) is 0 Å². The Kier molecular flexibility index (Phi) is 20.1. The van der Waals surface area contributed by atoms with E-state index >= 15 is 0 Å². The van der Waals surface area contributed by atoms with Crippen molar-refractivity contribution in [3.63, 3.8) is 0 Å². The molecule has 7 heteroatoms. The van der Waals surface area contributed by atoms with Crippen LogP contribution in [0, 0.1) is 20.8 Å². The number of carbonyl (C=O) groups is 3. The summed E-state index contributed by atoms with van der Waals surface area (Å²) in [5.41, 5.74) is 5.74. The van der Waals surface area contributed by atoms with Gasteiger partial charge in [0.1, 0.15) is 0 Å². The van der Waals surface area contributed by atoms with Crippen molar-refractivity contribution in [1.82, 2.24) is 14.7 Å². The van der Waals surface area contributed by atoms with Crippen LogP contribution in [-0.2, 0) is 0 Å². The van der Waals surface area contributed by atoms with E-state index in [2.05, 4.69) is 0 Å². The molecule has 0 unspecified atom stereocenters. The van der Waals surface area contributed by atoms with Crippen molar-refractivity contribution < 1.29 is 14.4 Å². The first-order chi connectivity index (χ1) is 20.1. The average molecular weight is 781 g/mol. The van der Waals surface area contributed by atoms with Gasteiger partial charge in [0, 0.05) is 83.3 Å². The zero-order valence-corrected chi connectivity index (χ0v) is 31.6. The van der Waals surface area contributed by atoms with E-state index in [1.54, 1.807) is 0 Å². The van der Waals surface area contributed by atoms with Gasteiger partial charge in [0.05, 0.1) is 0 Å². The van der Waals surface area contributed by atoms with Gasteiger partial charge < -0.3 is 14.7 Å². The van der Waals surface area contributed by atoms with Gasteiger partial charge in [-0.15, -0.1) is 0 Å². The fourth-order valence-corrected chi connectivity index (χ4v) is 4.41. The van der Waals surface area contributed by atoms with Crippen LogP contribution >= 0.6 is 0 Å². The number of aryl methyl sites for hydroxylation is 3. The minimum Gasteiger partial charge on any atom is -0.339 e. The molecule has 0 heterocycles. The predicted octanol–water partition coefficient (Wildman–Crippen LogP) is 7.05. The Morgan fingerprint density at radius 3 is 0.814 bits per heavy atom. The van der Waals surface area contributed by atoms with Gasteiger partial charge in [-0.05, 0) is 98.7 Å². The Balaban J connectivity index is 0.000000608. The normalized spacial score (nSPS) is 9.70. The molecular formula is C36H51N3O3Pb. The molecule has 232 valence electrons. The molecule has 6 nitrogen and oxygen atoms in total. The first-order valence-electron chi connectivity index (χ1n) is 15.1. The van der Waals surface area contributed by atoms with Crippen molar-refractivity contribution in [2.75, 3.05) is 39.3 Å². The van der Waals surface area contributed by atoms with Crippen LogP contribution in [0.3, 0.4) is 0 Å². The van der Waals surface area contributed by atoms with Crippen molar-refractivity contribution in [3.8, 4) is 0 Å². The molecule has 3 rings (SSSR count). The zero-order valence-electron chi connectivity index (χ0n) is 27.7. The van der Waals surface area contributed by atoms with Crippen LogP contribution in [0.15, 0.2) is 72.8 Å². The topological polar surface area (TPSA) is 60.9 Å². The maximum atomic E-state index is 11.9. The fraction of sp³-hybridized carbons (Fsp3) is 0.417. The maximum absolute atomic E-state index is 11.9. The van der Waals surface area contributed by atoms with E-state index in [1.807, 2.05) is 150 Å². The molecule has 0 bridgehead atoms. The third kappa shape index (κ3) is 13.4. The molecule has 0 fully saturated rings. The van der Waals surface area contributed by atoms with Gasteiger partial charge in [-0.3, -0.25) is 14.4 Å². The molecule has 43 heavy (non-hydrogen) atoms. The summed E-state index contributed by atoms with van der Waals surface area (Å²) in [4.78, 5) is 41.1. The second kappa shape index (κ2) is 21.6. The number of rotatable bonds is 9. The van der Waals surface area contributed by atoms with Crippen LogP contribution in [0.5, 0.6) is 0 Å². The van der Waals surface area contributed by atoms with Crippen molar-refractivity contribution >= 4 is 45.0 Å². The zero-order chi connectivity index (χ0) is 31.7. The molecule has 3 aromatic rings. The minimum atomic E-state index is 0. The van der Waals surface area contributed by atoms with Crippen LogP contribution in [0.1, 0.15) is 89.3 Å². The second-order valence-electron chi connectivity index (χ2n) is 10.0. The summed E-state index contributed by atoms with van der Waals surface area (Å²) in [6.07, 6.45) is 0. The third-order valence-corrected chi connectivity index (χ3v) is 6.95. The van der Waals surface area contributed by atoms with Gasteiger partial charge in [0.15, 0.2) is 0 Å². The second-order valence-corrected chi connectivity index (χ2v) is 10.0. The molecule has 3 aromatic carbocycles. The summed E-state index contributed by atoms with van der Waals surface area (Å²) in [6, 6.07) is 23.2. The number of carbonyl (C=O) groups excluding carboxylic acids is 3. The molecule has 0 saturated heterocycles. The van der Waals surface area contributed by atoms with E-state index in [-0.39, 0.29) is 45.0 Å². The molecular weight excluding hydrogens is 730 g/mol. The summed E-state index contributed by atoms with van der Waals surface area (Å²) in [5.74, 6) is 0.371. The Hall–Kier alpha value is -3.01. The van der Waals surface area contributed by atoms with Gasteiger partial charge in [0.25, 0.3) is 17.7 Å². The number of hydrogen-bond donors (Lipinski definition) is 0. The number of benzene rings is 3. The molecule has 0 aliphatic carbocycles. The van der Waals surface area contributed by atoms with E-state index < -0.39 is 0 Å². The van der Waals surface area contributed by atoms with E-state index in [4.69, 9.17) is 0 Å². The molecule has 4 radical (unpaired) electrons. The van der Waals surface area contributed by atoms with Gasteiger partial charge in [-0.1, -0.05) is 53.1 Å². The fourth-order valence-electron chi connectivity index (χ4n) is 4.41. The summed E-state index contributed by atoms with van der Waals surface area (Å²) in [5, 5.41) is 0. The van der Waals surface area contributed by atoms with E-state index in [9.17, 15) is 14.4 Å². The monoisotopic (exact) mass is 781 g/mol. The van der Waals surface area contributed by atoms with E-state index in [0.29, 0.717) is 0 Å². The molecule has 0 spiro atoms. The molecule has 3 amide bonds. The first kappa shape index (κ1) is 40.0. The van der Waals surface area contributed by atoms with Crippen molar-refractivity contribution in [3.05, 3.63) is 106 Å². The van der Waals surface area contributed by atoms with Crippen LogP contribution in [-0.4, -0.2) is 99.0 Å². The van der Waals surface area contributed by atoms with Crippen molar-refractivity contribution in [1.29, 1.82) is 0 Å². The maximum Gasteiger partial charge on any atom is 0.253 e. The van der Waals surface area contributed by atoms with Gasteiger partial charge in [0.2, 0.25) is 0 Å². The summed E-state index contributed by atoms with van der Waals surface area (Å²) >= 11 is 0. The van der Waals surface area contributed by atoms with Crippen LogP contribution < -0.4 is 0 Å². The predicted molar refractivity (Wildman–Crippen MR) is 181 cm³/mol.